The lowest BCUT2D eigenvalue weighted by molar-refractivity contribution is 0.0874. The first-order chi connectivity index (χ1) is 10.2. The Labute approximate surface area is 125 Å². The van der Waals surface area contributed by atoms with E-state index < -0.39 is 6.09 Å². The van der Waals surface area contributed by atoms with E-state index in [1.165, 1.54) is 19.3 Å². The number of nitrogens with zero attached hydrogens (tertiary/aromatic N) is 2. The predicted octanol–water partition coefficient (Wildman–Crippen LogP) is 3.72. The highest BCUT2D eigenvalue weighted by Crippen LogP contribution is 2.42. The molecule has 0 spiro atoms. The quantitative estimate of drug-likeness (QED) is 0.854. The lowest BCUT2D eigenvalue weighted by Gasteiger charge is -2.41. The van der Waals surface area contributed by atoms with E-state index in [1.807, 2.05) is 18.2 Å². The van der Waals surface area contributed by atoms with Crippen molar-refractivity contribution in [3.8, 4) is 6.07 Å². The van der Waals surface area contributed by atoms with Crippen molar-refractivity contribution in [1.82, 2.24) is 4.90 Å². The molecule has 1 N–H and O–H groups in total. The number of nitriles is 1. The lowest BCUT2D eigenvalue weighted by Crippen LogP contribution is -2.43. The van der Waals surface area contributed by atoms with E-state index in [0.29, 0.717) is 24.4 Å². The van der Waals surface area contributed by atoms with Gasteiger partial charge in [0.25, 0.3) is 0 Å². The molecule has 1 aromatic carbocycles. The van der Waals surface area contributed by atoms with Crippen molar-refractivity contribution in [2.75, 3.05) is 6.54 Å². The third-order valence-corrected chi connectivity index (χ3v) is 4.89. The molecule has 1 aliphatic heterocycles. The van der Waals surface area contributed by atoms with Gasteiger partial charge < -0.3 is 10.0 Å². The average molecular weight is 284 g/mol. The molecule has 4 heteroatoms. The summed E-state index contributed by atoms with van der Waals surface area (Å²) in [5.41, 5.74) is 2.94. The molecule has 1 heterocycles. The summed E-state index contributed by atoms with van der Waals surface area (Å²) in [4.78, 5) is 13.2. The Morgan fingerprint density at radius 3 is 2.71 bits per heavy atom. The third-order valence-electron chi connectivity index (χ3n) is 4.89. The van der Waals surface area contributed by atoms with Crippen LogP contribution in [0.2, 0.25) is 0 Å². The molecule has 1 aliphatic carbocycles. The monoisotopic (exact) mass is 284 g/mol. The predicted molar refractivity (Wildman–Crippen MR) is 78.9 cm³/mol. The van der Waals surface area contributed by atoms with E-state index >= 15 is 0 Å². The van der Waals surface area contributed by atoms with Crippen LogP contribution in [-0.2, 0) is 6.42 Å². The van der Waals surface area contributed by atoms with Crippen LogP contribution in [0.5, 0.6) is 0 Å². The first kappa shape index (κ1) is 13.9. The van der Waals surface area contributed by atoms with Gasteiger partial charge in [-0.2, -0.15) is 5.26 Å². The van der Waals surface area contributed by atoms with Crippen LogP contribution in [0.3, 0.4) is 0 Å². The summed E-state index contributed by atoms with van der Waals surface area (Å²) in [5.74, 6) is 0.418. The smallest absolute Gasteiger partial charge is 0.407 e. The summed E-state index contributed by atoms with van der Waals surface area (Å²) >= 11 is 0. The van der Waals surface area contributed by atoms with E-state index in [9.17, 15) is 9.90 Å². The van der Waals surface area contributed by atoms with Gasteiger partial charge in [0, 0.05) is 6.54 Å². The van der Waals surface area contributed by atoms with Crippen LogP contribution in [0.1, 0.15) is 54.8 Å². The number of benzene rings is 1. The maximum atomic E-state index is 11.6. The molecule has 1 aromatic rings. The molecule has 1 unspecified atom stereocenters. The Morgan fingerprint density at radius 1 is 1.29 bits per heavy atom. The van der Waals surface area contributed by atoms with Crippen molar-refractivity contribution >= 4 is 6.09 Å². The molecule has 110 valence electrons. The van der Waals surface area contributed by atoms with Gasteiger partial charge in [-0.25, -0.2) is 4.79 Å². The first-order valence-electron chi connectivity index (χ1n) is 7.73. The zero-order valence-electron chi connectivity index (χ0n) is 12.1. The van der Waals surface area contributed by atoms with Gasteiger partial charge >= 0.3 is 6.09 Å². The average Bonchev–Trinajstić information content (AvgIpc) is 2.53. The molecule has 1 amide bonds. The van der Waals surface area contributed by atoms with Gasteiger partial charge in [-0.1, -0.05) is 25.3 Å². The molecule has 1 fully saturated rings. The molecular formula is C17H20N2O2. The van der Waals surface area contributed by atoms with Crippen molar-refractivity contribution in [3.63, 3.8) is 0 Å². The van der Waals surface area contributed by atoms with Crippen LogP contribution < -0.4 is 0 Å². The van der Waals surface area contributed by atoms with E-state index in [0.717, 1.165) is 24.0 Å². The number of hydrogen-bond acceptors (Lipinski definition) is 2. The van der Waals surface area contributed by atoms with Crippen LogP contribution in [0, 0.1) is 17.2 Å². The first-order valence-corrected chi connectivity index (χ1v) is 7.73. The Balaban J connectivity index is 1.99. The minimum absolute atomic E-state index is 0.0284. The Hall–Kier alpha value is -2.02. The molecule has 3 rings (SSSR count). The largest absolute Gasteiger partial charge is 0.465 e. The summed E-state index contributed by atoms with van der Waals surface area (Å²) in [6.45, 7) is 0.540. The van der Waals surface area contributed by atoms with Crippen LogP contribution in [0.15, 0.2) is 18.2 Å². The van der Waals surface area contributed by atoms with Crippen molar-refractivity contribution in [2.24, 2.45) is 5.92 Å². The highest BCUT2D eigenvalue weighted by Gasteiger charge is 2.36. The number of carbonyl (C=O) groups is 1. The number of carboxylic acid groups (broad SMARTS) is 1. The van der Waals surface area contributed by atoms with E-state index in [2.05, 4.69) is 6.07 Å². The number of amides is 1. The molecule has 21 heavy (non-hydrogen) atoms. The minimum atomic E-state index is -0.819. The Kier molecular flexibility index (Phi) is 3.83. The van der Waals surface area contributed by atoms with E-state index in [-0.39, 0.29) is 6.04 Å². The molecular weight excluding hydrogens is 264 g/mol. The maximum absolute atomic E-state index is 11.6. The molecule has 0 bridgehead atoms. The van der Waals surface area contributed by atoms with Gasteiger partial charge in [-0.05, 0) is 48.4 Å². The number of hydrogen-bond donors (Lipinski definition) is 1. The minimum Gasteiger partial charge on any atom is -0.465 e. The third kappa shape index (κ3) is 2.61. The molecule has 0 radical (unpaired) electrons. The summed E-state index contributed by atoms with van der Waals surface area (Å²) in [6.07, 6.45) is 5.75. The fourth-order valence-electron chi connectivity index (χ4n) is 3.90. The summed E-state index contributed by atoms with van der Waals surface area (Å²) < 4.78 is 0. The Bertz CT molecular complexity index is 585. The van der Waals surface area contributed by atoms with Crippen molar-refractivity contribution < 1.29 is 9.90 Å². The topological polar surface area (TPSA) is 64.3 Å². The second-order valence-corrected chi connectivity index (χ2v) is 6.09. The highest BCUT2D eigenvalue weighted by atomic mass is 16.4. The second-order valence-electron chi connectivity index (χ2n) is 6.09. The van der Waals surface area contributed by atoms with Gasteiger partial charge in [0.05, 0.1) is 17.7 Å². The zero-order valence-corrected chi connectivity index (χ0v) is 12.1. The summed E-state index contributed by atoms with van der Waals surface area (Å²) in [7, 11) is 0. The van der Waals surface area contributed by atoms with Crippen LogP contribution in [0.25, 0.3) is 0 Å². The van der Waals surface area contributed by atoms with E-state index in [4.69, 9.17) is 5.26 Å². The van der Waals surface area contributed by atoms with Crippen molar-refractivity contribution in [1.29, 1.82) is 5.26 Å². The second kappa shape index (κ2) is 5.77. The van der Waals surface area contributed by atoms with Crippen molar-refractivity contribution in [3.05, 3.63) is 34.9 Å². The number of rotatable bonds is 1. The van der Waals surface area contributed by atoms with E-state index in [1.54, 1.807) is 4.90 Å². The van der Waals surface area contributed by atoms with Gasteiger partial charge in [-0.15, -0.1) is 0 Å². The maximum Gasteiger partial charge on any atom is 0.407 e. The Morgan fingerprint density at radius 2 is 2.05 bits per heavy atom. The summed E-state index contributed by atoms with van der Waals surface area (Å²) in [6, 6.07) is 7.88. The molecule has 1 saturated carbocycles. The molecule has 0 aromatic heterocycles. The molecule has 0 saturated heterocycles. The van der Waals surface area contributed by atoms with Gasteiger partial charge in [0.1, 0.15) is 0 Å². The molecule has 2 aliphatic rings. The van der Waals surface area contributed by atoms with Gasteiger partial charge in [-0.3, -0.25) is 0 Å². The van der Waals surface area contributed by atoms with Crippen LogP contribution >= 0.6 is 0 Å². The van der Waals surface area contributed by atoms with Crippen LogP contribution in [0.4, 0.5) is 4.79 Å². The summed E-state index contributed by atoms with van der Waals surface area (Å²) in [5, 5.41) is 18.6. The van der Waals surface area contributed by atoms with Gasteiger partial charge in [0.15, 0.2) is 0 Å². The number of fused-ring (bicyclic) bond motifs is 1. The van der Waals surface area contributed by atoms with Crippen LogP contribution in [-0.4, -0.2) is 22.6 Å². The fourth-order valence-corrected chi connectivity index (χ4v) is 3.90. The molecule has 4 nitrogen and oxygen atoms in total. The lowest BCUT2D eigenvalue weighted by atomic mass is 9.77. The highest BCUT2D eigenvalue weighted by molar-refractivity contribution is 5.67. The van der Waals surface area contributed by atoms with Crippen molar-refractivity contribution in [2.45, 2.75) is 44.6 Å². The zero-order chi connectivity index (χ0) is 14.8. The fraction of sp³-hybridized carbons (Fsp3) is 0.529. The van der Waals surface area contributed by atoms with Gasteiger partial charge in [0.2, 0.25) is 0 Å². The normalized spacial score (nSPS) is 22.4. The molecule has 1 atom stereocenters. The standard InChI is InChI=1S/C17H20N2O2/c18-11-12-6-7-15-14(10-12)8-9-19(17(20)21)16(15)13-4-2-1-3-5-13/h6-7,10,13,16H,1-5,8-9H2,(H,20,21). The SMILES string of the molecule is N#Cc1ccc2c(c1)CCN(C(=O)O)C2C1CCCCC1.